The van der Waals surface area contributed by atoms with E-state index in [9.17, 15) is 128 Å². The molecule has 0 aromatic carbocycles. The largest absolute Gasteiger partial charge is 1.00 e. The van der Waals surface area contributed by atoms with Gasteiger partial charge < -0.3 is 9.90 Å². The molecule has 0 unspecified atom stereocenters. The number of aliphatic carboxylic acids is 1. The minimum atomic E-state index is -9.87. The molecule has 0 N–H and O–H groups in total. The first kappa shape index (κ1) is 44.4. The van der Waals surface area contributed by atoms with Crippen molar-refractivity contribution in [3.8, 4) is 0 Å². The van der Waals surface area contributed by atoms with Crippen molar-refractivity contribution in [2.45, 2.75) is 77.2 Å². The molecular weight excluding hydrogens is 821 g/mol. The van der Waals surface area contributed by atoms with Crippen molar-refractivity contribution >= 4 is 5.97 Å². The van der Waals surface area contributed by atoms with Crippen LogP contribution >= 0.6 is 0 Å². The monoisotopic (exact) mass is 820 g/mol. The molecule has 0 saturated carbocycles. The molecule has 44 heavy (non-hydrogen) atoms. The van der Waals surface area contributed by atoms with Crippen LogP contribution in [0.4, 0.5) is 119 Å². The second-order valence-corrected chi connectivity index (χ2v) is 7.68. The van der Waals surface area contributed by atoms with Crippen LogP contribution in [-0.2, 0) is 27.2 Å². The molecule has 268 valence electrons. The predicted molar refractivity (Wildman–Crippen MR) is 70.4 cm³/mol. The number of alkyl halides is 27. The quantitative estimate of drug-likeness (QED) is 0.159. The van der Waals surface area contributed by atoms with E-state index >= 15 is 0 Å². The third-order valence-corrected chi connectivity index (χ3v) is 4.95. The molecule has 30 heteroatoms. The molecule has 0 aliphatic carbocycles. The molecular formula is C14AgF27O2. The number of carboxylic acids is 1. The van der Waals surface area contributed by atoms with Gasteiger partial charge in [-0.2, -0.15) is 119 Å². The Kier molecular flexibility index (Phi) is 10.8. The molecule has 0 heterocycles. The third-order valence-electron chi connectivity index (χ3n) is 4.95. The molecule has 0 aliphatic rings. The summed E-state index contributed by atoms with van der Waals surface area (Å²) in [5, 5.41) is 9.78. The van der Waals surface area contributed by atoms with Gasteiger partial charge in [0.1, 0.15) is 5.97 Å². The van der Waals surface area contributed by atoms with Crippen molar-refractivity contribution in [3.63, 3.8) is 0 Å². The normalized spacial score (nSPS) is 16.5. The minimum Gasteiger partial charge on any atom is -0.544 e. The van der Waals surface area contributed by atoms with Crippen molar-refractivity contribution in [2.75, 3.05) is 0 Å². The Labute approximate surface area is 235 Å². The summed E-state index contributed by atoms with van der Waals surface area (Å²) in [5.74, 6) is -117. The van der Waals surface area contributed by atoms with Crippen LogP contribution in [0.3, 0.4) is 0 Å². The van der Waals surface area contributed by atoms with Crippen LogP contribution in [0.1, 0.15) is 0 Å². The molecule has 0 bridgehead atoms. The average molecular weight is 821 g/mol. The Bertz CT molecular complexity index is 1070. The van der Waals surface area contributed by atoms with Gasteiger partial charge in [0, 0.05) is 0 Å². The van der Waals surface area contributed by atoms with Gasteiger partial charge in [-0.25, -0.2) is 0 Å². The van der Waals surface area contributed by atoms with Gasteiger partial charge in [0.05, 0.1) is 0 Å². The molecule has 0 fully saturated rings. The zero-order valence-corrected chi connectivity index (χ0v) is 19.8. The van der Waals surface area contributed by atoms with E-state index in [4.69, 9.17) is 0 Å². The molecule has 0 radical (unpaired) electrons. The summed E-state index contributed by atoms with van der Waals surface area (Å²) in [7, 11) is 0. The fourth-order valence-electron chi connectivity index (χ4n) is 2.28. The molecule has 0 aliphatic heterocycles. The third kappa shape index (κ3) is 4.94. The number of carbonyl (C=O) groups is 1. The van der Waals surface area contributed by atoms with Gasteiger partial charge in [0.25, 0.3) is 0 Å². The fourth-order valence-corrected chi connectivity index (χ4v) is 2.28. The first-order valence-electron chi connectivity index (χ1n) is 8.76. The van der Waals surface area contributed by atoms with E-state index in [1.807, 2.05) is 0 Å². The summed E-state index contributed by atoms with van der Waals surface area (Å²) in [4.78, 5) is 9.78. The van der Waals surface area contributed by atoms with Gasteiger partial charge in [-0.15, -0.1) is 0 Å². The maximum atomic E-state index is 13.5. The van der Waals surface area contributed by atoms with Crippen molar-refractivity contribution in [2.24, 2.45) is 0 Å². The molecule has 0 aromatic rings. The summed E-state index contributed by atoms with van der Waals surface area (Å²) in [5.41, 5.74) is 0. The van der Waals surface area contributed by atoms with Gasteiger partial charge in [0.2, 0.25) is 0 Å². The molecule has 0 rings (SSSR count). The maximum absolute atomic E-state index is 13.5. The SMILES string of the molecule is O=C([O-])C(F)(F)C(F)(F)C(F)(F)C(F)(F)C(F)(F)C(F)(F)C(F)(F)C(F)(F)C(F)(F)C(F)(F)C(F)(F)C(F)(F)C(F)(F)F.[Ag+]. The second kappa shape index (κ2) is 10.7. The number of rotatable bonds is 12. The van der Waals surface area contributed by atoms with Crippen molar-refractivity contribution in [1.29, 1.82) is 0 Å². The van der Waals surface area contributed by atoms with Crippen molar-refractivity contribution < 1.29 is 151 Å². The Hall–Kier alpha value is -1.68. The first-order chi connectivity index (χ1) is 17.9. The topological polar surface area (TPSA) is 40.1 Å². The zero-order chi connectivity index (χ0) is 36.1. The van der Waals surface area contributed by atoms with Crippen LogP contribution in [0.15, 0.2) is 0 Å². The smallest absolute Gasteiger partial charge is 0.544 e. The van der Waals surface area contributed by atoms with Gasteiger partial charge in [-0.3, -0.25) is 0 Å². The number of carbonyl (C=O) groups excluding carboxylic acids is 1. The van der Waals surface area contributed by atoms with Crippen LogP contribution in [0, 0.1) is 0 Å². The average Bonchev–Trinajstić information content (AvgIpc) is 2.76. The number of carboxylic acid groups (broad SMARTS) is 1. The fraction of sp³-hybridized carbons (Fsp3) is 0.929. The number of halogens is 27. The van der Waals surface area contributed by atoms with Crippen LogP contribution in [0.5, 0.6) is 0 Å². The summed E-state index contributed by atoms with van der Waals surface area (Å²) in [6, 6.07) is 0. The van der Waals surface area contributed by atoms with Gasteiger partial charge in [-0.05, 0) is 0 Å². The summed E-state index contributed by atoms with van der Waals surface area (Å²) in [6.07, 6.45) is -8.27. The molecule has 2 nitrogen and oxygen atoms in total. The minimum absolute atomic E-state index is 0. The van der Waals surface area contributed by atoms with Gasteiger partial charge in [-0.1, -0.05) is 0 Å². The number of hydrogen-bond acceptors (Lipinski definition) is 2. The van der Waals surface area contributed by atoms with Crippen LogP contribution < -0.4 is 5.11 Å². The van der Waals surface area contributed by atoms with E-state index in [0.717, 1.165) is 0 Å². The standard InChI is InChI=1S/C14HF27O2.Ag/c15-2(16,1(42)43)3(17,18)4(19,20)5(21,22)6(23,24)7(25,26)8(27,28)9(29,30)10(31,32)11(33,34)12(35,36)13(37,38)14(39,40)41;/h(H,42,43);/q;+1/p-1. The summed E-state index contributed by atoms with van der Waals surface area (Å²) < 4.78 is 354. The predicted octanol–water partition coefficient (Wildman–Crippen LogP) is 6.92. The molecule has 0 amide bonds. The zero-order valence-electron chi connectivity index (χ0n) is 18.3. The van der Waals surface area contributed by atoms with E-state index in [1.165, 1.54) is 0 Å². The van der Waals surface area contributed by atoms with Crippen molar-refractivity contribution in [1.82, 2.24) is 0 Å². The second-order valence-electron chi connectivity index (χ2n) is 7.68. The summed E-state index contributed by atoms with van der Waals surface area (Å²) in [6.45, 7) is 0. The molecule has 0 aromatic heterocycles. The van der Waals surface area contributed by atoms with Gasteiger partial charge in [0.15, 0.2) is 0 Å². The van der Waals surface area contributed by atoms with Crippen LogP contribution in [0.25, 0.3) is 0 Å². The first-order valence-corrected chi connectivity index (χ1v) is 8.76. The maximum Gasteiger partial charge on any atom is 1.00 e. The number of hydrogen-bond donors (Lipinski definition) is 0. The Balaban J connectivity index is 0. The van der Waals surface area contributed by atoms with E-state index in [2.05, 4.69) is 0 Å². The van der Waals surface area contributed by atoms with E-state index in [1.54, 1.807) is 0 Å². The van der Waals surface area contributed by atoms with E-state index in [0.29, 0.717) is 0 Å². The van der Waals surface area contributed by atoms with E-state index in [-0.39, 0.29) is 22.4 Å². The Morgan fingerprint density at radius 1 is 0.295 bits per heavy atom. The molecule has 0 saturated heterocycles. The molecule has 0 spiro atoms. The Morgan fingerprint density at radius 3 is 0.568 bits per heavy atom. The van der Waals surface area contributed by atoms with Crippen LogP contribution in [-0.4, -0.2) is 83.2 Å². The Morgan fingerprint density at radius 2 is 0.432 bits per heavy atom. The van der Waals surface area contributed by atoms with Gasteiger partial charge >= 0.3 is 99.6 Å². The molecule has 0 atom stereocenters. The summed E-state index contributed by atoms with van der Waals surface area (Å²) >= 11 is 0. The van der Waals surface area contributed by atoms with E-state index < -0.39 is 83.2 Å². The van der Waals surface area contributed by atoms with Crippen LogP contribution in [0.2, 0.25) is 0 Å². The van der Waals surface area contributed by atoms with Crippen molar-refractivity contribution in [3.05, 3.63) is 0 Å².